The summed E-state index contributed by atoms with van der Waals surface area (Å²) in [5.74, 6) is 0.111. The number of likely N-dealkylation sites (tertiary alicyclic amines) is 2. The number of fused-ring (bicyclic) bond motifs is 1. The molecule has 1 aromatic rings. The van der Waals surface area contributed by atoms with Gasteiger partial charge in [0, 0.05) is 37.5 Å². The van der Waals surface area contributed by atoms with E-state index in [4.69, 9.17) is 0 Å². The number of aromatic nitrogens is 1. The van der Waals surface area contributed by atoms with Crippen LogP contribution in [0.15, 0.2) is 37.2 Å². The van der Waals surface area contributed by atoms with E-state index in [1.807, 2.05) is 9.80 Å². The molecule has 0 spiro atoms. The van der Waals surface area contributed by atoms with Crippen molar-refractivity contribution in [1.29, 1.82) is 0 Å². The molecule has 104 valence electrons. The van der Waals surface area contributed by atoms with Crippen LogP contribution in [0.1, 0.15) is 23.2 Å². The van der Waals surface area contributed by atoms with E-state index in [0.717, 1.165) is 6.42 Å². The van der Waals surface area contributed by atoms with Crippen molar-refractivity contribution in [2.24, 2.45) is 0 Å². The molecule has 0 unspecified atom stereocenters. The fourth-order valence-corrected chi connectivity index (χ4v) is 3.22. The first-order valence-electron chi connectivity index (χ1n) is 6.83. The van der Waals surface area contributed by atoms with Crippen LogP contribution in [0, 0.1) is 0 Å². The average molecular weight is 271 g/mol. The van der Waals surface area contributed by atoms with Crippen molar-refractivity contribution in [1.82, 2.24) is 14.8 Å². The molecule has 3 rings (SSSR count). The van der Waals surface area contributed by atoms with Crippen molar-refractivity contribution in [2.45, 2.75) is 24.9 Å². The smallest absolute Gasteiger partial charge is 0.254 e. The number of hydrogen-bond acceptors (Lipinski definition) is 3. The van der Waals surface area contributed by atoms with Gasteiger partial charge in [-0.15, -0.1) is 6.58 Å². The molecular weight excluding hydrogens is 254 g/mol. The molecule has 2 atom stereocenters. The van der Waals surface area contributed by atoms with Crippen LogP contribution in [0.5, 0.6) is 0 Å². The number of carbonyl (C=O) groups is 2. The molecule has 2 amide bonds. The number of carbonyl (C=O) groups excluding carboxylic acids is 2. The minimum Gasteiger partial charge on any atom is -0.334 e. The number of rotatable bonds is 3. The van der Waals surface area contributed by atoms with Gasteiger partial charge in [-0.25, -0.2) is 0 Å². The van der Waals surface area contributed by atoms with Crippen molar-refractivity contribution < 1.29 is 9.59 Å². The summed E-state index contributed by atoms with van der Waals surface area (Å²) in [6.07, 6.45) is 6.25. The Morgan fingerprint density at radius 3 is 2.85 bits per heavy atom. The van der Waals surface area contributed by atoms with Crippen LogP contribution in [0.25, 0.3) is 0 Å². The van der Waals surface area contributed by atoms with Crippen molar-refractivity contribution in [3.05, 3.63) is 42.7 Å². The minimum absolute atomic E-state index is 0.00288. The Bertz CT molecular complexity index is 543. The first-order chi connectivity index (χ1) is 9.72. The lowest BCUT2D eigenvalue weighted by atomic mass is 10.1. The molecule has 20 heavy (non-hydrogen) atoms. The molecule has 5 nitrogen and oxygen atoms in total. The van der Waals surface area contributed by atoms with Gasteiger partial charge >= 0.3 is 0 Å². The highest BCUT2D eigenvalue weighted by Gasteiger charge is 2.47. The third-order valence-corrected chi connectivity index (χ3v) is 4.13. The molecule has 0 aromatic carbocycles. The molecule has 0 N–H and O–H groups in total. The Labute approximate surface area is 117 Å². The molecule has 0 saturated carbocycles. The van der Waals surface area contributed by atoms with E-state index >= 15 is 0 Å². The predicted molar refractivity (Wildman–Crippen MR) is 74.0 cm³/mol. The molecule has 0 radical (unpaired) electrons. The fraction of sp³-hybridized carbons (Fsp3) is 0.400. The summed E-state index contributed by atoms with van der Waals surface area (Å²) in [6.45, 7) is 4.97. The van der Waals surface area contributed by atoms with Crippen molar-refractivity contribution in [3.8, 4) is 0 Å². The second kappa shape index (κ2) is 5.07. The van der Waals surface area contributed by atoms with E-state index in [2.05, 4.69) is 11.6 Å². The van der Waals surface area contributed by atoms with E-state index in [0.29, 0.717) is 25.1 Å². The van der Waals surface area contributed by atoms with Crippen LogP contribution in [0.4, 0.5) is 0 Å². The van der Waals surface area contributed by atoms with Crippen LogP contribution in [-0.4, -0.2) is 51.8 Å². The maximum Gasteiger partial charge on any atom is 0.254 e. The SMILES string of the molecule is C=CCN1C(=O)C[C@H]2[C@@H]1CCN2C(=O)c1ccncc1. The Balaban J connectivity index is 1.80. The highest BCUT2D eigenvalue weighted by Crippen LogP contribution is 2.33. The Morgan fingerprint density at radius 2 is 2.15 bits per heavy atom. The maximum atomic E-state index is 12.5. The van der Waals surface area contributed by atoms with Gasteiger partial charge in [0.25, 0.3) is 5.91 Å². The molecule has 2 aliphatic rings. The zero-order valence-electron chi connectivity index (χ0n) is 11.2. The summed E-state index contributed by atoms with van der Waals surface area (Å²) >= 11 is 0. The fourth-order valence-electron chi connectivity index (χ4n) is 3.22. The van der Waals surface area contributed by atoms with E-state index in [9.17, 15) is 9.59 Å². The van der Waals surface area contributed by atoms with Crippen LogP contribution >= 0.6 is 0 Å². The van der Waals surface area contributed by atoms with Gasteiger partial charge in [-0.2, -0.15) is 0 Å². The third-order valence-electron chi connectivity index (χ3n) is 4.13. The average Bonchev–Trinajstić information content (AvgIpc) is 3.00. The molecule has 0 aliphatic carbocycles. The molecule has 2 aliphatic heterocycles. The Morgan fingerprint density at radius 1 is 1.40 bits per heavy atom. The normalized spacial score (nSPS) is 24.9. The molecule has 5 heteroatoms. The van der Waals surface area contributed by atoms with Gasteiger partial charge in [-0.05, 0) is 18.6 Å². The molecule has 1 aromatic heterocycles. The van der Waals surface area contributed by atoms with Gasteiger partial charge in [0.05, 0.1) is 12.1 Å². The number of pyridine rings is 1. The largest absolute Gasteiger partial charge is 0.334 e. The van der Waals surface area contributed by atoms with Crippen molar-refractivity contribution >= 4 is 11.8 Å². The first-order valence-corrected chi connectivity index (χ1v) is 6.83. The van der Waals surface area contributed by atoms with Gasteiger partial charge in [0.15, 0.2) is 0 Å². The summed E-state index contributed by atoms with van der Waals surface area (Å²) in [5, 5.41) is 0. The summed E-state index contributed by atoms with van der Waals surface area (Å²) in [5.41, 5.74) is 0.635. The maximum absolute atomic E-state index is 12.5. The quantitative estimate of drug-likeness (QED) is 0.773. The lowest BCUT2D eigenvalue weighted by Gasteiger charge is -2.24. The summed E-state index contributed by atoms with van der Waals surface area (Å²) in [7, 11) is 0. The summed E-state index contributed by atoms with van der Waals surface area (Å²) < 4.78 is 0. The molecule has 3 heterocycles. The minimum atomic E-state index is -0.00634. The summed E-state index contributed by atoms with van der Waals surface area (Å²) in [4.78, 5) is 32.1. The number of amides is 2. The predicted octanol–water partition coefficient (Wildman–Crippen LogP) is 1.08. The van der Waals surface area contributed by atoms with Gasteiger partial charge < -0.3 is 9.80 Å². The van der Waals surface area contributed by atoms with Crippen LogP contribution in [0.2, 0.25) is 0 Å². The van der Waals surface area contributed by atoms with E-state index in [1.54, 1.807) is 30.6 Å². The summed E-state index contributed by atoms with van der Waals surface area (Å²) in [6, 6.07) is 3.58. The van der Waals surface area contributed by atoms with E-state index in [1.165, 1.54) is 0 Å². The number of hydrogen-bond donors (Lipinski definition) is 0. The second-order valence-corrected chi connectivity index (χ2v) is 5.20. The monoisotopic (exact) mass is 271 g/mol. The van der Waals surface area contributed by atoms with Crippen LogP contribution < -0.4 is 0 Å². The highest BCUT2D eigenvalue weighted by molar-refractivity contribution is 5.95. The lowest BCUT2D eigenvalue weighted by molar-refractivity contribution is -0.128. The topological polar surface area (TPSA) is 53.5 Å². The molecule has 0 bridgehead atoms. The van der Waals surface area contributed by atoms with Gasteiger partial charge in [0.2, 0.25) is 5.91 Å². The first kappa shape index (κ1) is 12.8. The Hall–Kier alpha value is -2.17. The lowest BCUT2D eigenvalue weighted by Crippen LogP contribution is -2.39. The van der Waals surface area contributed by atoms with Gasteiger partial charge in [-0.3, -0.25) is 14.6 Å². The van der Waals surface area contributed by atoms with Crippen LogP contribution in [-0.2, 0) is 4.79 Å². The van der Waals surface area contributed by atoms with Crippen molar-refractivity contribution in [2.75, 3.05) is 13.1 Å². The highest BCUT2D eigenvalue weighted by atomic mass is 16.2. The standard InChI is InChI=1S/C15H17N3O2/c1-2-8-17-12-5-9-18(13(12)10-14(17)19)15(20)11-3-6-16-7-4-11/h2-4,6-7,12-13H,1,5,8-10H2/t12-,13-/m0/s1. The van der Waals surface area contributed by atoms with E-state index < -0.39 is 0 Å². The third kappa shape index (κ3) is 1.99. The van der Waals surface area contributed by atoms with E-state index in [-0.39, 0.29) is 23.9 Å². The number of nitrogens with zero attached hydrogens (tertiary/aromatic N) is 3. The molecule has 2 fully saturated rings. The Kier molecular flexibility index (Phi) is 3.26. The van der Waals surface area contributed by atoms with Gasteiger partial charge in [-0.1, -0.05) is 6.08 Å². The molecular formula is C15H17N3O2. The zero-order chi connectivity index (χ0) is 14.1. The molecule has 2 saturated heterocycles. The zero-order valence-corrected chi connectivity index (χ0v) is 11.2. The second-order valence-electron chi connectivity index (χ2n) is 5.20. The van der Waals surface area contributed by atoms with Gasteiger partial charge in [0.1, 0.15) is 0 Å². The van der Waals surface area contributed by atoms with Crippen LogP contribution in [0.3, 0.4) is 0 Å². The van der Waals surface area contributed by atoms with Crippen molar-refractivity contribution in [3.63, 3.8) is 0 Å².